The Kier molecular flexibility index (Phi) is 4.16. The van der Waals surface area contributed by atoms with Crippen molar-refractivity contribution in [3.05, 3.63) is 11.7 Å². The summed E-state index contributed by atoms with van der Waals surface area (Å²) in [4.78, 5) is 4.65. The van der Waals surface area contributed by atoms with Crippen molar-refractivity contribution in [1.29, 1.82) is 0 Å². The van der Waals surface area contributed by atoms with E-state index in [4.69, 9.17) is 4.52 Å². The smallest absolute Gasteiger partial charge is 0.229 e. The van der Waals surface area contributed by atoms with Crippen LogP contribution in [-0.4, -0.2) is 23.2 Å². The van der Waals surface area contributed by atoms with E-state index in [1.54, 1.807) is 0 Å². The topological polar surface area (TPSA) is 51.0 Å². The van der Waals surface area contributed by atoms with E-state index in [1.807, 2.05) is 0 Å². The molecule has 1 saturated carbocycles. The lowest BCUT2D eigenvalue weighted by atomic mass is 9.83. The van der Waals surface area contributed by atoms with Crippen LogP contribution in [0.5, 0.6) is 0 Å². The first-order valence-electron chi connectivity index (χ1n) is 7.84. The third kappa shape index (κ3) is 3.35. The molecule has 1 saturated heterocycles. The number of rotatable bonds is 3. The summed E-state index contributed by atoms with van der Waals surface area (Å²) in [6, 6.07) is 0. The van der Waals surface area contributed by atoms with Crippen molar-refractivity contribution in [3.8, 4) is 0 Å². The molecule has 0 spiro atoms. The van der Waals surface area contributed by atoms with Gasteiger partial charge in [0.2, 0.25) is 5.89 Å². The summed E-state index contributed by atoms with van der Waals surface area (Å²) in [6.45, 7) is 4.60. The van der Waals surface area contributed by atoms with Crippen molar-refractivity contribution >= 4 is 0 Å². The van der Waals surface area contributed by atoms with Crippen LogP contribution in [0.3, 0.4) is 0 Å². The van der Waals surface area contributed by atoms with Crippen molar-refractivity contribution < 1.29 is 4.52 Å². The zero-order valence-corrected chi connectivity index (χ0v) is 11.9. The second-order valence-corrected chi connectivity index (χ2v) is 6.42. The van der Waals surface area contributed by atoms with Gasteiger partial charge in [0.1, 0.15) is 0 Å². The van der Waals surface area contributed by atoms with E-state index in [0.29, 0.717) is 11.8 Å². The fourth-order valence-electron chi connectivity index (χ4n) is 3.38. The minimum atomic E-state index is 0.516. The molecule has 1 aliphatic heterocycles. The van der Waals surface area contributed by atoms with E-state index in [-0.39, 0.29) is 0 Å². The molecule has 0 aromatic carbocycles. The van der Waals surface area contributed by atoms with Crippen LogP contribution in [0, 0.1) is 11.8 Å². The molecule has 1 N–H and O–H groups in total. The SMILES string of the molecule is CC1CCC(c2nc(CC3CCCNC3)no2)CC1. The van der Waals surface area contributed by atoms with Crippen LogP contribution in [0.15, 0.2) is 4.52 Å². The van der Waals surface area contributed by atoms with Crippen LogP contribution in [0.25, 0.3) is 0 Å². The highest BCUT2D eigenvalue weighted by molar-refractivity contribution is 4.97. The van der Waals surface area contributed by atoms with Crippen molar-refractivity contribution in [2.45, 2.75) is 57.8 Å². The molecule has 19 heavy (non-hydrogen) atoms. The summed E-state index contributed by atoms with van der Waals surface area (Å²) < 4.78 is 5.50. The molecule has 1 atom stereocenters. The molecular weight excluding hydrogens is 238 g/mol. The van der Waals surface area contributed by atoms with Gasteiger partial charge in [0.15, 0.2) is 5.82 Å². The molecule has 2 aliphatic rings. The second-order valence-electron chi connectivity index (χ2n) is 6.42. The lowest BCUT2D eigenvalue weighted by molar-refractivity contribution is 0.279. The summed E-state index contributed by atoms with van der Waals surface area (Å²) in [5.41, 5.74) is 0. The molecule has 1 aromatic rings. The predicted octanol–water partition coefficient (Wildman–Crippen LogP) is 2.91. The quantitative estimate of drug-likeness (QED) is 0.911. The highest BCUT2D eigenvalue weighted by atomic mass is 16.5. The van der Waals surface area contributed by atoms with Gasteiger partial charge in [-0.2, -0.15) is 4.98 Å². The molecule has 1 aliphatic carbocycles. The fraction of sp³-hybridized carbons (Fsp3) is 0.867. The maximum Gasteiger partial charge on any atom is 0.229 e. The third-order valence-corrected chi connectivity index (χ3v) is 4.72. The molecule has 106 valence electrons. The number of aromatic nitrogens is 2. The second kappa shape index (κ2) is 6.04. The maximum atomic E-state index is 5.50. The van der Waals surface area contributed by atoms with E-state index in [0.717, 1.165) is 37.1 Å². The molecule has 4 nitrogen and oxygen atoms in total. The van der Waals surface area contributed by atoms with Crippen molar-refractivity contribution in [1.82, 2.24) is 15.5 Å². The highest BCUT2D eigenvalue weighted by Crippen LogP contribution is 2.34. The van der Waals surface area contributed by atoms with Gasteiger partial charge in [-0.05, 0) is 63.5 Å². The number of hydrogen-bond donors (Lipinski definition) is 1. The summed E-state index contributed by atoms with van der Waals surface area (Å²) in [7, 11) is 0. The van der Waals surface area contributed by atoms with Crippen LogP contribution in [0.2, 0.25) is 0 Å². The zero-order valence-electron chi connectivity index (χ0n) is 11.9. The summed E-state index contributed by atoms with van der Waals surface area (Å²) in [5.74, 6) is 3.88. The van der Waals surface area contributed by atoms with Gasteiger partial charge in [-0.15, -0.1) is 0 Å². The summed E-state index contributed by atoms with van der Waals surface area (Å²) in [6.07, 6.45) is 8.57. The van der Waals surface area contributed by atoms with Gasteiger partial charge in [0.05, 0.1) is 0 Å². The predicted molar refractivity (Wildman–Crippen MR) is 74.0 cm³/mol. The molecule has 0 amide bonds. The molecule has 1 unspecified atom stereocenters. The van der Waals surface area contributed by atoms with E-state index in [1.165, 1.54) is 38.5 Å². The molecule has 3 rings (SSSR count). The van der Waals surface area contributed by atoms with Crippen LogP contribution >= 0.6 is 0 Å². The Morgan fingerprint density at radius 1 is 1.21 bits per heavy atom. The number of nitrogens with zero attached hydrogens (tertiary/aromatic N) is 2. The van der Waals surface area contributed by atoms with Crippen LogP contribution in [-0.2, 0) is 6.42 Å². The first-order valence-corrected chi connectivity index (χ1v) is 7.84. The Morgan fingerprint density at radius 2 is 2.05 bits per heavy atom. The molecule has 0 bridgehead atoms. The Hall–Kier alpha value is -0.900. The first kappa shape index (κ1) is 13.1. The lowest BCUT2D eigenvalue weighted by Crippen LogP contribution is -2.31. The first-order chi connectivity index (χ1) is 9.31. The van der Waals surface area contributed by atoms with Gasteiger partial charge >= 0.3 is 0 Å². The molecule has 1 aromatic heterocycles. The summed E-state index contributed by atoms with van der Waals surface area (Å²) >= 11 is 0. The zero-order chi connectivity index (χ0) is 13.1. The minimum Gasteiger partial charge on any atom is -0.339 e. The van der Waals surface area contributed by atoms with Gasteiger partial charge in [0.25, 0.3) is 0 Å². The van der Waals surface area contributed by atoms with Gasteiger partial charge in [-0.3, -0.25) is 0 Å². The van der Waals surface area contributed by atoms with Gasteiger partial charge in [0, 0.05) is 12.3 Å². The normalized spacial score (nSPS) is 32.4. The molecule has 2 fully saturated rings. The largest absolute Gasteiger partial charge is 0.339 e. The van der Waals surface area contributed by atoms with Gasteiger partial charge in [-0.25, -0.2) is 0 Å². The fourth-order valence-corrected chi connectivity index (χ4v) is 3.38. The van der Waals surface area contributed by atoms with Crippen molar-refractivity contribution in [3.63, 3.8) is 0 Å². The maximum absolute atomic E-state index is 5.50. The van der Waals surface area contributed by atoms with E-state index in [9.17, 15) is 0 Å². The minimum absolute atomic E-state index is 0.516. The highest BCUT2D eigenvalue weighted by Gasteiger charge is 2.25. The molecule has 4 heteroatoms. The number of nitrogens with one attached hydrogen (secondary N) is 1. The molecule has 0 radical (unpaired) electrons. The van der Waals surface area contributed by atoms with Crippen molar-refractivity contribution in [2.75, 3.05) is 13.1 Å². The average molecular weight is 263 g/mol. The average Bonchev–Trinajstić information content (AvgIpc) is 2.89. The monoisotopic (exact) mass is 263 g/mol. The Bertz CT molecular complexity index is 390. The Morgan fingerprint density at radius 3 is 2.79 bits per heavy atom. The van der Waals surface area contributed by atoms with E-state index in [2.05, 4.69) is 22.4 Å². The third-order valence-electron chi connectivity index (χ3n) is 4.72. The van der Waals surface area contributed by atoms with E-state index < -0.39 is 0 Å². The number of hydrogen-bond acceptors (Lipinski definition) is 4. The standard InChI is InChI=1S/C15H25N3O/c1-11-4-6-13(7-5-11)15-17-14(18-19-15)9-12-3-2-8-16-10-12/h11-13,16H,2-10H2,1H3. The molecule has 2 heterocycles. The van der Waals surface area contributed by atoms with Crippen LogP contribution in [0.1, 0.15) is 63.1 Å². The number of piperidine rings is 1. The Balaban J connectivity index is 1.56. The van der Waals surface area contributed by atoms with Crippen LogP contribution in [0.4, 0.5) is 0 Å². The Labute approximate surface area is 115 Å². The van der Waals surface area contributed by atoms with Gasteiger partial charge in [-0.1, -0.05) is 12.1 Å². The summed E-state index contributed by atoms with van der Waals surface area (Å²) in [5, 5.41) is 7.63. The van der Waals surface area contributed by atoms with Crippen molar-refractivity contribution in [2.24, 2.45) is 11.8 Å². The van der Waals surface area contributed by atoms with Crippen LogP contribution < -0.4 is 5.32 Å². The molecular formula is C15H25N3O. The van der Waals surface area contributed by atoms with Gasteiger partial charge < -0.3 is 9.84 Å². The van der Waals surface area contributed by atoms with E-state index >= 15 is 0 Å². The lowest BCUT2D eigenvalue weighted by Gasteiger charge is -2.23.